The highest BCUT2D eigenvalue weighted by Gasteiger charge is 2.31. The maximum Gasteiger partial charge on any atom is 0.126 e. The molecule has 1 aliphatic heterocycles. The van der Waals surface area contributed by atoms with E-state index in [1.165, 1.54) is 0 Å². The van der Waals surface area contributed by atoms with Crippen LogP contribution >= 0.6 is 0 Å². The van der Waals surface area contributed by atoms with Crippen molar-refractivity contribution in [2.24, 2.45) is 5.41 Å². The first kappa shape index (κ1) is 14.8. The van der Waals surface area contributed by atoms with Gasteiger partial charge in [-0.15, -0.1) is 0 Å². The molecule has 0 radical (unpaired) electrons. The van der Waals surface area contributed by atoms with Crippen LogP contribution in [0.15, 0.2) is 12.1 Å². The summed E-state index contributed by atoms with van der Waals surface area (Å²) in [6, 6.07) is 5.82. The number of nitrogens with one attached hydrogen (secondary N) is 2. The smallest absolute Gasteiger partial charge is 0.126 e. The first-order valence-electron chi connectivity index (χ1n) is 7.00. The van der Waals surface area contributed by atoms with Gasteiger partial charge in [0.05, 0.1) is 17.9 Å². The van der Waals surface area contributed by atoms with Crippen molar-refractivity contribution in [2.45, 2.75) is 19.8 Å². The summed E-state index contributed by atoms with van der Waals surface area (Å²) in [4.78, 5) is 4.43. The van der Waals surface area contributed by atoms with Gasteiger partial charge < -0.3 is 15.4 Å². The van der Waals surface area contributed by atoms with Crippen LogP contribution in [0.25, 0.3) is 0 Å². The van der Waals surface area contributed by atoms with Crippen molar-refractivity contribution in [1.82, 2.24) is 10.3 Å². The van der Waals surface area contributed by atoms with Crippen molar-refractivity contribution < 1.29 is 4.74 Å². The summed E-state index contributed by atoms with van der Waals surface area (Å²) in [7, 11) is 1.76. The lowest BCUT2D eigenvalue weighted by atomic mass is 9.79. The second-order valence-electron chi connectivity index (χ2n) is 5.48. The second-order valence-corrected chi connectivity index (χ2v) is 5.48. The van der Waals surface area contributed by atoms with Gasteiger partial charge in [-0.2, -0.15) is 5.26 Å². The summed E-state index contributed by atoms with van der Waals surface area (Å²) < 4.78 is 5.40. The number of rotatable bonds is 5. The summed E-state index contributed by atoms with van der Waals surface area (Å²) in [5, 5.41) is 15.7. The van der Waals surface area contributed by atoms with E-state index in [1.54, 1.807) is 7.11 Å². The second kappa shape index (κ2) is 6.69. The Balaban J connectivity index is 2.02. The molecule has 0 unspecified atom stereocenters. The molecule has 2 heterocycles. The van der Waals surface area contributed by atoms with Gasteiger partial charge in [0.25, 0.3) is 0 Å². The topological polar surface area (TPSA) is 70.0 Å². The Bertz CT molecular complexity index is 484. The molecule has 0 aromatic carbocycles. The number of piperidine rings is 1. The van der Waals surface area contributed by atoms with E-state index in [9.17, 15) is 0 Å². The lowest BCUT2D eigenvalue weighted by molar-refractivity contribution is 0.0635. The van der Waals surface area contributed by atoms with E-state index in [0.717, 1.165) is 50.6 Å². The Hall–Kier alpha value is -1.64. The Kier molecular flexibility index (Phi) is 4.94. The van der Waals surface area contributed by atoms with Gasteiger partial charge in [0.15, 0.2) is 0 Å². The predicted octanol–water partition coefficient (Wildman–Crippen LogP) is 1.69. The van der Waals surface area contributed by atoms with Crippen LogP contribution in [0, 0.1) is 23.7 Å². The van der Waals surface area contributed by atoms with Crippen LogP contribution in [0.1, 0.15) is 24.1 Å². The van der Waals surface area contributed by atoms with E-state index in [0.29, 0.717) is 5.56 Å². The van der Waals surface area contributed by atoms with Gasteiger partial charge in [0.1, 0.15) is 11.9 Å². The highest BCUT2D eigenvalue weighted by atomic mass is 16.5. The third-order valence-corrected chi connectivity index (χ3v) is 3.97. The number of nitriles is 1. The van der Waals surface area contributed by atoms with Crippen molar-refractivity contribution in [2.75, 3.05) is 38.7 Å². The number of anilines is 1. The largest absolute Gasteiger partial charge is 0.384 e. The molecule has 1 aliphatic rings. The number of hydrogen-bond donors (Lipinski definition) is 2. The Labute approximate surface area is 120 Å². The fourth-order valence-electron chi connectivity index (χ4n) is 2.69. The van der Waals surface area contributed by atoms with Crippen LogP contribution < -0.4 is 10.6 Å². The van der Waals surface area contributed by atoms with E-state index in [-0.39, 0.29) is 5.41 Å². The number of nitrogens with zero attached hydrogens (tertiary/aromatic N) is 2. The first-order chi connectivity index (χ1) is 9.69. The minimum atomic E-state index is 0.170. The average molecular weight is 274 g/mol. The number of pyridine rings is 1. The molecule has 1 aromatic rings. The number of ether oxygens (including phenoxy) is 1. The molecule has 5 heteroatoms. The van der Waals surface area contributed by atoms with Crippen molar-refractivity contribution in [3.8, 4) is 6.07 Å². The fraction of sp³-hybridized carbons (Fsp3) is 0.600. The average Bonchev–Trinajstić information content (AvgIpc) is 2.47. The zero-order valence-corrected chi connectivity index (χ0v) is 12.2. The van der Waals surface area contributed by atoms with Crippen LogP contribution in [-0.4, -0.2) is 38.3 Å². The van der Waals surface area contributed by atoms with E-state index in [4.69, 9.17) is 10.00 Å². The molecule has 0 aliphatic carbocycles. The molecule has 2 rings (SSSR count). The molecule has 0 bridgehead atoms. The molecule has 1 saturated heterocycles. The van der Waals surface area contributed by atoms with E-state index in [1.807, 2.05) is 19.1 Å². The number of aryl methyl sites for hydroxylation is 1. The SMILES string of the molecule is COCC1(CNc2ccc(C#N)c(C)n2)CCNCC1. The quantitative estimate of drug-likeness (QED) is 0.855. The molecule has 20 heavy (non-hydrogen) atoms. The normalized spacial score (nSPS) is 17.4. The van der Waals surface area contributed by atoms with Crippen LogP contribution in [0.4, 0.5) is 5.82 Å². The standard InChI is InChI=1S/C15H22N4O/c1-12-13(9-16)3-4-14(19-12)18-10-15(11-20-2)5-7-17-8-6-15/h3-4,17H,5-8,10-11H2,1-2H3,(H,18,19). The molecule has 1 aromatic heterocycles. The van der Waals surface area contributed by atoms with Crippen molar-refractivity contribution in [3.63, 3.8) is 0 Å². The summed E-state index contributed by atoms with van der Waals surface area (Å²) in [6.07, 6.45) is 2.20. The first-order valence-corrected chi connectivity index (χ1v) is 7.00. The van der Waals surface area contributed by atoms with E-state index >= 15 is 0 Å². The molecular weight excluding hydrogens is 252 g/mol. The van der Waals surface area contributed by atoms with Crippen LogP contribution in [-0.2, 0) is 4.74 Å². The molecule has 2 N–H and O–H groups in total. The van der Waals surface area contributed by atoms with Gasteiger partial charge in [-0.3, -0.25) is 0 Å². The highest BCUT2D eigenvalue weighted by molar-refractivity contribution is 5.43. The zero-order chi connectivity index (χ0) is 14.4. The Morgan fingerprint density at radius 3 is 2.80 bits per heavy atom. The Morgan fingerprint density at radius 2 is 2.20 bits per heavy atom. The summed E-state index contributed by atoms with van der Waals surface area (Å²) in [5.41, 5.74) is 1.57. The third kappa shape index (κ3) is 3.47. The summed E-state index contributed by atoms with van der Waals surface area (Å²) in [5.74, 6) is 0.829. The predicted molar refractivity (Wildman–Crippen MR) is 78.6 cm³/mol. The van der Waals surface area contributed by atoms with E-state index < -0.39 is 0 Å². The third-order valence-electron chi connectivity index (χ3n) is 3.97. The molecule has 108 valence electrons. The van der Waals surface area contributed by atoms with Crippen LogP contribution in [0.5, 0.6) is 0 Å². The van der Waals surface area contributed by atoms with Gasteiger partial charge in [-0.25, -0.2) is 4.98 Å². The monoisotopic (exact) mass is 274 g/mol. The molecule has 0 spiro atoms. The van der Waals surface area contributed by atoms with Gasteiger partial charge in [0.2, 0.25) is 0 Å². The minimum Gasteiger partial charge on any atom is -0.384 e. The Morgan fingerprint density at radius 1 is 1.45 bits per heavy atom. The summed E-state index contributed by atoms with van der Waals surface area (Å²) in [6.45, 7) is 5.53. The maximum absolute atomic E-state index is 8.92. The van der Waals surface area contributed by atoms with Gasteiger partial charge in [-0.05, 0) is 45.0 Å². The number of aromatic nitrogens is 1. The minimum absolute atomic E-state index is 0.170. The molecule has 1 fully saturated rings. The lowest BCUT2D eigenvalue weighted by Crippen LogP contribution is -2.44. The number of hydrogen-bond acceptors (Lipinski definition) is 5. The van der Waals surface area contributed by atoms with Crippen molar-refractivity contribution in [1.29, 1.82) is 5.26 Å². The van der Waals surface area contributed by atoms with Gasteiger partial charge in [0, 0.05) is 19.1 Å². The highest BCUT2D eigenvalue weighted by Crippen LogP contribution is 2.29. The van der Waals surface area contributed by atoms with Crippen molar-refractivity contribution in [3.05, 3.63) is 23.4 Å². The van der Waals surface area contributed by atoms with Crippen LogP contribution in [0.2, 0.25) is 0 Å². The molecule has 0 saturated carbocycles. The van der Waals surface area contributed by atoms with Crippen molar-refractivity contribution >= 4 is 5.82 Å². The summed E-state index contributed by atoms with van der Waals surface area (Å²) >= 11 is 0. The van der Waals surface area contributed by atoms with E-state index in [2.05, 4.69) is 21.7 Å². The van der Waals surface area contributed by atoms with Crippen LogP contribution in [0.3, 0.4) is 0 Å². The van der Waals surface area contributed by atoms with Gasteiger partial charge in [-0.1, -0.05) is 0 Å². The van der Waals surface area contributed by atoms with Gasteiger partial charge >= 0.3 is 0 Å². The molecular formula is C15H22N4O. The maximum atomic E-state index is 8.92. The molecule has 0 amide bonds. The fourth-order valence-corrected chi connectivity index (χ4v) is 2.69. The number of methoxy groups -OCH3 is 1. The zero-order valence-electron chi connectivity index (χ0n) is 12.2. The molecule has 5 nitrogen and oxygen atoms in total. The molecule has 0 atom stereocenters. The lowest BCUT2D eigenvalue weighted by Gasteiger charge is -2.37.